The van der Waals surface area contributed by atoms with E-state index in [4.69, 9.17) is 4.74 Å². The quantitative estimate of drug-likeness (QED) is 0.807. The van der Waals surface area contributed by atoms with Crippen LogP contribution in [-0.2, 0) is 9.53 Å². The van der Waals surface area contributed by atoms with Gasteiger partial charge in [0.1, 0.15) is 5.75 Å². The molecule has 0 radical (unpaired) electrons. The van der Waals surface area contributed by atoms with Gasteiger partial charge in [0.15, 0.2) is 5.69 Å². The minimum atomic E-state index is -0.231. The average molecular weight is 361 g/mol. The molecule has 7 nitrogen and oxygen atoms in total. The molecular weight excluding hydrogens is 334 g/mol. The lowest BCUT2D eigenvalue weighted by molar-refractivity contribution is -0.139. The van der Waals surface area contributed by atoms with Gasteiger partial charge in [-0.15, -0.1) is 0 Å². The van der Waals surface area contributed by atoms with Crippen LogP contribution in [0.3, 0.4) is 0 Å². The molecule has 2 aliphatic heterocycles. The zero-order valence-electron chi connectivity index (χ0n) is 15.3. The van der Waals surface area contributed by atoms with Crippen molar-refractivity contribution in [3.63, 3.8) is 0 Å². The molecule has 7 heteroatoms. The summed E-state index contributed by atoms with van der Waals surface area (Å²) in [5.41, 5.74) is 0.0487. The van der Waals surface area contributed by atoms with E-state index in [2.05, 4.69) is 4.98 Å². The number of methoxy groups -OCH3 is 1. The SMILES string of the molecule is COCCCN1C[C@@]2(CCCN(C(=O)c3ncccc3O)C2)CCC1=O. The van der Waals surface area contributed by atoms with Crippen LogP contribution in [0.5, 0.6) is 5.75 Å². The number of carbonyl (C=O) groups is 2. The van der Waals surface area contributed by atoms with E-state index in [0.717, 1.165) is 25.7 Å². The Morgan fingerprint density at radius 3 is 3.00 bits per heavy atom. The highest BCUT2D eigenvalue weighted by Crippen LogP contribution is 2.39. The van der Waals surface area contributed by atoms with Crippen LogP contribution in [-0.4, -0.2) is 71.6 Å². The first-order valence-corrected chi connectivity index (χ1v) is 9.25. The molecule has 1 N–H and O–H groups in total. The normalized spacial score (nSPS) is 23.5. The Morgan fingerprint density at radius 1 is 1.38 bits per heavy atom. The second kappa shape index (κ2) is 8.03. The van der Waals surface area contributed by atoms with Gasteiger partial charge in [-0.25, -0.2) is 4.98 Å². The maximum absolute atomic E-state index is 12.8. The predicted octanol–water partition coefficient (Wildman–Crippen LogP) is 1.67. The third-order valence-corrected chi connectivity index (χ3v) is 5.46. The monoisotopic (exact) mass is 361 g/mol. The van der Waals surface area contributed by atoms with Gasteiger partial charge in [-0.05, 0) is 37.8 Å². The molecule has 1 atom stereocenters. The van der Waals surface area contributed by atoms with Gasteiger partial charge in [-0.1, -0.05) is 0 Å². The van der Waals surface area contributed by atoms with Crippen molar-refractivity contribution in [2.24, 2.45) is 5.41 Å². The van der Waals surface area contributed by atoms with E-state index >= 15 is 0 Å². The molecule has 2 amide bonds. The molecule has 2 saturated heterocycles. The molecule has 142 valence electrons. The Hall–Kier alpha value is -2.15. The summed E-state index contributed by atoms with van der Waals surface area (Å²) in [6.07, 6.45) is 5.60. The second-order valence-corrected chi connectivity index (χ2v) is 7.36. The molecule has 0 bridgehead atoms. The van der Waals surface area contributed by atoms with Crippen LogP contribution in [0.2, 0.25) is 0 Å². The Bertz CT molecular complexity index is 666. The predicted molar refractivity (Wildman–Crippen MR) is 95.8 cm³/mol. The second-order valence-electron chi connectivity index (χ2n) is 7.36. The highest BCUT2D eigenvalue weighted by Gasteiger charge is 2.43. The summed E-state index contributed by atoms with van der Waals surface area (Å²) in [4.78, 5) is 32.8. The number of aromatic hydroxyl groups is 1. The van der Waals surface area contributed by atoms with Crippen molar-refractivity contribution < 1.29 is 19.4 Å². The Kier molecular flexibility index (Phi) is 5.76. The molecule has 3 heterocycles. The molecule has 1 spiro atoms. The van der Waals surface area contributed by atoms with Crippen LogP contribution in [0.4, 0.5) is 0 Å². The van der Waals surface area contributed by atoms with Crippen LogP contribution >= 0.6 is 0 Å². The molecule has 2 fully saturated rings. The zero-order chi connectivity index (χ0) is 18.6. The summed E-state index contributed by atoms with van der Waals surface area (Å²) in [6, 6.07) is 3.09. The van der Waals surface area contributed by atoms with Crippen molar-refractivity contribution in [3.05, 3.63) is 24.0 Å². The summed E-state index contributed by atoms with van der Waals surface area (Å²) >= 11 is 0. The molecule has 1 aromatic rings. The maximum Gasteiger partial charge on any atom is 0.276 e. The fourth-order valence-electron chi connectivity index (χ4n) is 4.13. The largest absolute Gasteiger partial charge is 0.505 e. The van der Waals surface area contributed by atoms with E-state index in [0.29, 0.717) is 39.2 Å². The minimum Gasteiger partial charge on any atom is -0.505 e. The molecule has 3 rings (SSSR count). The van der Waals surface area contributed by atoms with Crippen LogP contribution < -0.4 is 0 Å². The Balaban J connectivity index is 1.69. The highest BCUT2D eigenvalue weighted by molar-refractivity contribution is 5.94. The fourth-order valence-corrected chi connectivity index (χ4v) is 4.13. The smallest absolute Gasteiger partial charge is 0.276 e. The van der Waals surface area contributed by atoms with Crippen LogP contribution in [0.1, 0.15) is 42.6 Å². The summed E-state index contributed by atoms with van der Waals surface area (Å²) in [7, 11) is 1.66. The number of likely N-dealkylation sites (tertiary alicyclic amines) is 2. The van der Waals surface area contributed by atoms with Gasteiger partial charge >= 0.3 is 0 Å². The molecule has 2 aliphatic rings. The Labute approximate surface area is 153 Å². The molecule has 1 aromatic heterocycles. The van der Waals surface area contributed by atoms with Gasteiger partial charge in [-0.3, -0.25) is 9.59 Å². The van der Waals surface area contributed by atoms with Crippen molar-refractivity contribution in [3.8, 4) is 5.75 Å². The molecular formula is C19H27N3O4. The molecule has 0 saturated carbocycles. The van der Waals surface area contributed by atoms with Crippen LogP contribution in [0.25, 0.3) is 0 Å². The van der Waals surface area contributed by atoms with E-state index in [1.54, 1.807) is 18.1 Å². The number of piperidine rings is 2. The zero-order valence-corrected chi connectivity index (χ0v) is 15.3. The molecule has 26 heavy (non-hydrogen) atoms. The number of rotatable bonds is 5. The van der Waals surface area contributed by atoms with Gasteiger partial charge in [0.25, 0.3) is 5.91 Å². The minimum absolute atomic E-state index is 0.0563. The number of hydrogen-bond acceptors (Lipinski definition) is 5. The standard InChI is InChI=1S/C19H27N3O4/c1-26-12-4-11-21-13-19(8-6-16(21)24)7-3-10-22(14-19)18(25)17-15(23)5-2-9-20-17/h2,5,9,23H,3-4,6-8,10-14H2,1H3/t19-/m1/s1. The number of hydrogen-bond donors (Lipinski definition) is 1. The lowest BCUT2D eigenvalue weighted by Crippen LogP contribution is -2.55. The van der Waals surface area contributed by atoms with Crippen molar-refractivity contribution >= 4 is 11.8 Å². The molecule has 0 aromatic carbocycles. The average Bonchev–Trinajstić information content (AvgIpc) is 2.65. The fraction of sp³-hybridized carbons (Fsp3) is 0.632. The van der Waals surface area contributed by atoms with Crippen LogP contribution in [0, 0.1) is 5.41 Å². The van der Waals surface area contributed by atoms with E-state index in [-0.39, 0.29) is 28.7 Å². The van der Waals surface area contributed by atoms with Gasteiger partial charge in [0, 0.05) is 57.9 Å². The van der Waals surface area contributed by atoms with Gasteiger partial charge in [0.05, 0.1) is 0 Å². The van der Waals surface area contributed by atoms with Crippen molar-refractivity contribution in [2.45, 2.75) is 32.1 Å². The molecule has 0 unspecified atom stereocenters. The number of aromatic nitrogens is 1. The number of ether oxygens (including phenoxy) is 1. The van der Waals surface area contributed by atoms with Crippen molar-refractivity contribution in [1.82, 2.24) is 14.8 Å². The third-order valence-electron chi connectivity index (χ3n) is 5.46. The lowest BCUT2D eigenvalue weighted by atomic mass is 9.73. The Morgan fingerprint density at radius 2 is 2.23 bits per heavy atom. The molecule has 0 aliphatic carbocycles. The summed E-state index contributed by atoms with van der Waals surface area (Å²) in [6.45, 7) is 3.29. The highest BCUT2D eigenvalue weighted by atomic mass is 16.5. The van der Waals surface area contributed by atoms with Crippen molar-refractivity contribution in [2.75, 3.05) is 39.9 Å². The van der Waals surface area contributed by atoms with Crippen molar-refractivity contribution in [1.29, 1.82) is 0 Å². The van der Waals surface area contributed by atoms with E-state index in [9.17, 15) is 14.7 Å². The number of pyridine rings is 1. The maximum atomic E-state index is 12.8. The third kappa shape index (κ3) is 3.98. The number of carbonyl (C=O) groups excluding carboxylic acids is 2. The van der Waals surface area contributed by atoms with Gasteiger partial charge in [-0.2, -0.15) is 0 Å². The first-order chi connectivity index (χ1) is 12.5. The van der Waals surface area contributed by atoms with E-state index in [1.807, 2.05) is 4.90 Å². The van der Waals surface area contributed by atoms with E-state index < -0.39 is 0 Å². The van der Waals surface area contributed by atoms with Crippen LogP contribution in [0.15, 0.2) is 18.3 Å². The topological polar surface area (TPSA) is 83.0 Å². The lowest BCUT2D eigenvalue weighted by Gasteiger charge is -2.48. The summed E-state index contributed by atoms with van der Waals surface area (Å²) in [5.74, 6) is -0.125. The van der Waals surface area contributed by atoms with Gasteiger partial charge in [0.2, 0.25) is 5.91 Å². The first kappa shape index (κ1) is 18.6. The summed E-state index contributed by atoms with van der Waals surface area (Å²) in [5, 5.41) is 9.94. The first-order valence-electron chi connectivity index (χ1n) is 9.25. The number of nitrogens with zero attached hydrogens (tertiary/aromatic N) is 3. The number of amides is 2. The van der Waals surface area contributed by atoms with E-state index in [1.165, 1.54) is 12.3 Å². The van der Waals surface area contributed by atoms with Gasteiger partial charge < -0.3 is 19.6 Å². The summed E-state index contributed by atoms with van der Waals surface area (Å²) < 4.78 is 5.09.